The Morgan fingerprint density at radius 3 is 2.96 bits per heavy atom. The average molecular weight is 418 g/mol. The van der Waals surface area contributed by atoms with Crippen LogP contribution in [0.3, 0.4) is 0 Å². The van der Waals surface area contributed by atoms with Gasteiger partial charge in [-0.1, -0.05) is 0 Å². The number of hydrogen-bond donors (Lipinski definition) is 1. The van der Waals surface area contributed by atoms with E-state index in [4.69, 9.17) is 5.26 Å². The summed E-state index contributed by atoms with van der Waals surface area (Å²) < 4.78 is 2.70. The first-order valence-corrected chi connectivity index (χ1v) is 9.40. The normalized spacial score (nSPS) is 10.8. The Labute approximate surface area is 157 Å². The van der Waals surface area contributed by atoms with E-state index in [1.54, 1.807) is 15.9 Å². The third-order valence-electron chi connectivity index (χ3n) is 4.01. The lowest BCUT2D eigenvalue weighted by atomic mass is 10.1. The lowest BCUT2D eigenvalue weighted by molar-refractivity contribution is -0.121. The smallest absolute Gasteiger partial charge is 0.220 e. The van der Waals surface area contributed by atoms with Crippen LogP contribution in [0.15, 0.2) is 22.1 Å². The van der Waals surface area contributed by atoms with Crippen LogP contribution in [0.25, 0.3) is 5.65 Å². The summed E-state index contributed by atoms with van der Waals surface area (Å²) in [6, 6.07) is 4.10. The van der Waals surface area contributed by atoms with E-state index >= 15 is 0 Å². The summed E-state index contributed by atoms with van der Waals surface area (Å²) in [6.07, 6.45) is 2.49. The molecule has 0 saturated heterocycles. The molecule has 1 amide bonds. The second kappa shape index (κ2) is 7.33. The van der Waals surface area contributed by atoms with Crippen molar-refractivity contribution in [3.8, 4) is 6.07 Å². The number of aryl methyl sites for hydroxylation is 2. The van der Waals surface area contributed by atoms with Gasteiger partial charge < -0.3 is 5.32 Å². The molecule has 3 rings (SSSR count). The summed E-state index contributed by atoms with van der Waals surface area (Å²) in [5.74, 6) is 0.00148. The summed E-state index contributed by atoms with van der Waals surface area (Å²) in [6.45, 7) is 4.37. The lowest BCUT2D eigenvalue weighted by Crippen LogP contribution is -2.23. The Hall–Kier alpha value is -2.24. The van der Waals surface area contributed by atoms with E-state index in [1.807, 2.05) is 25.3 Å². The number of nitrogens with zero attached hydrogens (tertiary/aromatic N) is 4. The number of rotatable bonds is 5. The van der Waals surface area contributed by atoms with Gasteiger partial charge in [0.15, 0.2) is 5.65 Å². The van der Waals surface area contributed by atoms with Gasteiger partial charge >= 0.3 is 0 Å². The number of halogens is 1. The molecule has 0 spiro atoms. The van der Waals surface area contributed by atoms with Crippen LogP contribution in [-0.2, 0) is 17.8 Å². The van der Waals surface area contributed by atoms with Crippen molar-refractivity contribution in [1.29, 1.82) is 5.26 Å². The Kier molecular flexibility index (Phi) is 5.16. The summed E-state index contributed by atoms with van der Waals surface area (Å²) in [5, 5.41) is 18.3. The molecule has 128 valence electrons. The molecule has 8 heteroatoms. The van der Waals surface area contributed by atoms with Gasteiger partial charge in [0.25, 0.3) is 0 Å². The van der Waals surface area contributed by atoms with Gasteiger partial charge in [0.05, 0.1) is 12.7 Å². The van der Waals surface area contributed by atoms with Crippen LogP contribution < -0.4 is 5.32 Å². The minimum absolute atomic E-state index is 0.00148. The molecular formula is C17H16BrN5OS. The van der Waals surface area contributed by atoms with E-state index in [2.05, 4.69) is 37.4 Å². The van der Waals surface area contributed by atoms with E-state index in [9.17, 15) is 4.79 Å². The molecule has 6 nitrogen and oxygen atoms in total. The van der Waals surface area contributed by atoms with Gasteiger partial charge in [0.1, 0.15) is 11.6 Å². The SMILES string of the molecule is Cc1nc2c(C#N)cnn2c(C)c1CCC(=O)NCc1cc(Br)cs1. The predicted molar refractivity (Wildman–Crippen MR) is 99.4 cm³/mol. The number of fused-ring (bicyclic) bond motifs is 1. The number of nitrogens with one attached hydrogen (secondary N) is 1. The second-order valence-electron chi connectivity index (χ2n) is 5.67. The van der Waals surface area contributed by atoms with Crippen molar-refractivity contribution in [3.63, 3.8) is 0 Å². The van der Waals surface area contributed by atoms with Gasteiger partial charge in [0.2, 0.25) is 5.91 Å². The Balaban J connectivity index is 1.68. The van der Waals surface area contributed by atoms with Crippen molar-refractivity contribution >= 4 is 38.8 Å². The number of carbonyl (C=O) groups is 1. The minimum atomic E-state index is 0.00148. The van der Waals surface area contributed by atoms with Crippen molar-refractivity contribution in [1.82, 2.24) is 19.9 Å². The fraction of sp³-hybridized carbons (Fsp3) is 0.294. The molecule has 0 aromatic carbocycles. The number of carbonyl (C=O) groups excluding carboxylic acids is 1. The first-order chi connectivity index (χ1) is 12.0. The third kappa shape index (κ3) is 3.72. The summed E-state index contributed by atoms with van der Waals surface area (Å²) in [7, 11) is 0. The zero-order valence-electron chi connectivity index (χ0n) is 13.8. The molecule has 0 aliphatic heterocycles. The predicted octanol–water partition coefficient (Wildman–Crippen LogP) is 3.29. The molecular weight excluding hydrogens is 402 g/mol. The fourth-order valence-corrected chi connectivity index (χ4v) is 4.10. The van der Waals surface area contributed by atoms with Crippen LogP contribution >= 0.6 is 27.3 Å². The topological polar surface area (TPSA) is 83.1 Å². The Morgan fingerprint density at radius 2 is 2.28 bits per heavy atom. The molecule has 0 atom stereocenters. The molecule has 0 bridgehead atoms. The van der Waals surface area contributed by atoms with E-state index in [0.717, 1.165) is 26.3 Å². The van der Waals surface area contributed by atoms with E-state index in [-0.39, 0.29) is 5.91 Å². The molecule has 0 fully saturated rings. The lowest BCUT2D eigenvalue weighted by Gasteiger charge is -2.11. The number of aromatic nitrogens is 3. The fourth-order valence-electron chi connectivity index (χ4n) is 2.71. The quantitative estimate of drug-likeness (QED) is 0.689. The molecule has 3 aromatic rings. The minimum Gasteiger partial charge on any atom is -0.351 e. The molecule has 3 heterocycles. The summed E-state index contributed by atoms with van der Waals surface area (Å²) >= 11 is 5.01. The van der Waals surface area contributed by atoms with Gasteiger partial charge in [-0.05, 0) is 47.8 Å². The van der Waals surface area contributed by atoms with Crippen LogP contribution in [-0.4, -0.2) is 20.5 Å². The average Bonchev–Trinajstić information content (AvgIpc) is 3.18. The van der Waals surface area contributed by atoms with Gasteiger partial charge in [-0.3, -0.25) is 4.79 Å². The van der Waals surface area contributed by atoms with Crippen molar-refractivity contribution in [2.75, 3.05) is 0 Å². The van der Waals surface area contributed by atoms with Crippen LogP contribution in [0.2, 0.25) is 0 Å². The Bertz CT molecular complexity index is 985. The summed E-state index contributed by atoms with van der Waals surface area (Å²) in [4.78, 5) is 17.7. The molecule has 0 saturated carbocycles. The first kappa shape index (κ1) is 17.6. The van der Waals surface area contributed by atoms with Gasteiger partial charge in [-0.15, -0.1) is 11.3 Å². The number of amides is 1. The zero-order valence-corrected chi connectivity index (χ0v) is 16.2. The van der Waals surface area contributed by atoms with Crippen molar-refractivity contribution < 1.29 is 4.79 Å². The highest BCUT2D eigenvalue weighted by Crippen LogP contribution is 2.20. The first-order valence-electron chi connectivity index (χ1n) is 7.73. The maximum Gasteiger partial charge on any atom is 0.220 e. The van der Waals surface area contributed by atoms with Gasteiger partial charge in [0, 0.05) is 32.5 Å². The number of nitriles is 1. The highest BCUT2D eigenvalue weighted by atomic mass is 79.9. The molecule has 0 aliphatic carbocycles. The number of hydrogen-bond acceptors (Lipinski definition) is 5. The molecule has 1 N–H and O–H groups in total. The molecule has 0 unspecified atom stereocenters. The second-order valence-corrected chi connectivity index (χ2v) is 7.59. The monoisotopic (exact) mass is 417 g/mol. The van der Waals surface area contributed by atoms with Crippen molar-refractivity contribution in [2.24, 2.45) is 0 Å². The molecule has 25 heavy (non-hydrogen) atoms. The van der Waals surface area contributed by atoms with Crippen LogP contribution in [0.4, 0.5) is 0 Å². The van der Waals surface area contributed by atoms with Crippen LogP contribution in [0.1, 0.15) is 33.8 Å². The van der Waals surface area contributed by atoms with Crippen molar-refractivity contribution in [2.45, 2.75) is 33.2 Å². The highest BCUT2D eigenvalue weighted by molar-refractivity contribution is 9.10. The van der Waals surface area contributed by atoms with Crippen molar-refractivity contribution in [3.05, 3.63) is 49.5 Å². The van der Waals surface area contributed by atoms with E-state index in [1.165, 1.54) is 6.20 Å². The maximum absolute atomic E-state index is 12.1. The Morgan fingerprint density at radius 1 is 1.48 bits per heavy atom. The summed E-state index contributed by atoms with van der Waals surface area (Å²) in [5.41, 5.74) is 3.76. The number of thiophene rings is 1. The molecule has 0 aliphatic rings. The standard InChI is InChI=1S/C17H16BrN5OS/c1-10-15(11(2)23-17(22-10)12(6-19)7-21-23)3-4-16(24)20-8-14-5-13(18)9-25-14/h5,7,9H,3-4,8H2,1-2H3,(H,20,24). The third-order valence-corrected chi connectivity index (χ3v) is 5.71. The maximum atomic E-state index is 12.1. The molecule has 3 aromatic heterocycles. The largest absolute Gasteiger partial charge is 0.351 e. The zero-order chi connectivity index (χ0) is 18.0. The van der Waals surface area contributed by atoms with Gasteiger partial charge in [-0.2, -0.15) is 10.4 Å². The van der Waals surface area contributed by atoms with E-state index < -0.39 is 0 Å². The van der Waals surface area contributed by atoms with Crippen LogP contribution in [0.5, 0.6) is 0 Å². The van der Waals surface area contributed by atoms with Gasteiger partial charge in [-0.25, -0.2) is 9.50 Å². The molecule has 0 radical (unpaired) electrons. The highest BCUT2D eigenvalue weighted by Gasteiger charge is 2.14. The van der Waals surface area contributed by atoms with Crippen LogP contribution in [0, 0.1) is 25.2 Å². The van der Waals surface area contributed by atoms with E-state index in [0.29, 0.717) is 30.6 Å².